The van der Waals surface area contributed by atoms with Crippen LogP contribution in [-0.2, 0) is 24.2 Å². The first-order valence-corrected chi connectivity index (χ1v) is 11.4. The van der Waals surface area contributed by atoms with E-state index in [4.69, 9.17) is 9.47 Å². The van der Waals surface area contributed by atoms with E-state index in [-0.39, 0.29) is 17.7 Å². The van der Waals surface area contributed by atoms with Gasteiger partial charge in [0.2, 0.25) is 5.91 Å². The van der Waals surface area contributed by atoms with E-state index in [0.717, 1.165) is 18.4 Å². The fraction of sp³-hybridized carbons (Fsp3) is 0.292. The molecule has 0 atom stereocenters. The lowest BCUT2D eigenvalue weighted by Gasteiger charge is -2.12. The number of carbonyl (C=O) groups is 1. The second-order valence-corrected chi connectivity index (χ2v) is 8.48. The molecule has 0 fully saturated rings. The summed E-state index contributed by atoms with van der Waals surface area (Å²) in [5.74, 6) is 2.25. The molecule has 2 aromatic carbocycles. The molecule has 0 unspecified atom stereocenters. The Bertz CT molecular complexity index is 1080. The maximum Gasteiger partial charge on any atom is 0.230 e. The number of ether oxygens (including phenoxy) is 2. The van der Waals surface area contributed by atoms with Crippen molar-refractivity contribution in [3.8, 4) is 22.9 Å². The fourth-order valence-electron chi connectivity index (χ4n) is 3.90. The molecule has 0 saturated carbocycles. The van der Waals surface area contributed by atoms with Gasteiger partial charge in [0, 0.05) is 24.2 Å². The zero-order valence-electron chi connectivity index (χ0n) is 18.2. The highest BCUT2D eigenvalue weighted by Crippen LogP contribution is 2.31. The molecule has 1 aliphatic carbocycles. The number of rotatable bonds is 9. The molecular formula is C24H26N4O3S. The Balaban J connectivity index is 1.45. The first-order chi connectivity index (χ1) is 15.6. The van der Waals surface area contributed by atoms with Gasteiger partial charge >= 0.3 is 0 Å². The van der Waals surface area contributed by atoms with E-state index in [1.807, 2.05) is 28.8 Å². The van der Waals surface area contributed by atoms with Gasteiger partial charge in [0.15, 0.2) is 11.0 Å². The molecule has 8 heteroatoms. The van der Waals surface area contributed by atoms with Gasteiger partial charge in [-0.2, -0.15) is 0 Å². The zero-order valence-corrected chi connectivity index (χ0v) is 19.0. The van der Waals surface area contributed by atoms with E-state index in [1.165, 1.54) is 22.9 Å². The van der Waals surface area contributed by atoms with Gasteiger partial charge in [-0.25, -0.2) is 0 Å². The molecule has 1 aromatic heterocycles. The van der Waals surface area contributed by atoms with E-state index in [1.54, 1.807) is 26.4 Å². The van der Waals surface area contributed by atoms with Crippen molar-refractivity contribution in [3.05, 3.63) is 66.2 Å². The van der Waals surface area contributed by atoms with Gasteiger partial charge in [0.1, 0.15) is 11.5 Å². The minimum atomic E-state index is -0.00874. The van der Waals surface area contributed by atoms with Crippen LogP contribution in [0.2, 0.25) is 0 Å². The lowest BCUT2D eigenvalue weighted by molar-refractivity contribution is -0.119. The van der Waals surface area contributed by atoms with Crippen LogP contribution >= 0.6 is 11.8 Å². The number of carbonyl (C=O) groups excluding carboxylic acids is 1. The van der Waals surface area contributed by atoms with Crippen LogP contribution in [0.1, 0.15) is 11.1 Å². The van der Waals surface area contributed by atoms with Crippen molar-refractivity contribution in [2.75, 3.05) is 20.0 Å². The predicted molar refractivity (Wildman–Crippen MR) is 125 cm³/mol. The van der Waals surface area contributed by atoms with Gasteiger partial charge in [0.05, 0.1) is 20.0 Å². The summed E-state index contributed by atoms with van der Waals surface area (Å²) in [5.41, 5.74) is 3.44. The number of allylic oxidation sites excluding steroid dienone is 1. The summed E-state index contributed by atoms with van der Waals surface area (Å²) >= 11 is 1.36. The molecule has 3 aromatic rings. The maximum absolute atomic E-state index is 12.6. The van der Waals surface area contributed by atoms with Crippen molar-refractivity contribution in [2.45, 2.75) is 30.6 Å². The van der Waals surface area contributed by atoms with Crippen molar-refractivity contribution in [2.24, 2.45) is 0 Å². The van der Waals surface area contributed by atoms with Gasteiger partial charge in [-0.15, -0.1) is 16.8 Å². The van der Waals surface area contributed by atoms with Gasteiger partial charge < -0.3 is 14.8 Å². The zero-order chi connectivity index (χ0) is 22.5. The summed E-state index contributed by atoms with van der Waals surface area (Å²) in [7, 11) is 3.21. The van der Waals surface area contributed by atoms with Gasteiger partial charge in [-0.1, -0.05) is 42.1 Å². The number of benzene rings is 2. The van der Waals surface area contributed by atoms with Gasteiger partial charge in [-0.05, 0) is 36.1 Å². The molecule has 0 spiro atoms. The quantitative estimate of drug-likeness (QED) is 0.397. The average Bonchev–Trinajstić information content (AvgIpc) is 3.40. The van der Waals surface area contributed by atoms with Crippen molar-refractivity contribution in [3.63, 3.8) is 0 Å². The first-order valence-electron chi connectivity index (χ1n) is 10.4. The van der Waals surface area contributed by atoms with Crippen LogP contribution in [0.15, 0.2) is 60.3 Å². The van der Waals surface area contributed by atoms with Crippen molar-refractivity contribution in [1.82, 2.24) is 20.1 Å². The van der Waals surface area contributed by atoms with Crippen LogP contribution in [0.5, 0.6) is 11.5 Å². The Labute approximate surface area is 191 Å². The summed E-state index contributed by atoms with van der Waals surface area (Å²) in [6, 6.07) is 14.1. The van der Waals surface area contributed by atoms with E-state index in [0.29, 0.717) is 29.0 Å². The number of nitrogens with one attached hydrogen (secondary N) is 1. The van der Waals surface area contributed by atoms with Crippen molar-refractivity contribution in [1.29, 1.82) is 0 Å². The van der Waals surface area contributed by atoms with Gasteiger partial charge in [-0.3, -0.25) is 9.36 Å². The van der Waals surface area contributed by atoms with E-state index >= 15 is 0 Å². The highest BCUT2D eigenvalue weighted by Gasteiger charge is 2.23. The highest BCUT2D eigenvalue weighted by atomic mass is 32.2. The molecule has 4 rings (SSSR count). The largest absolute Gasteiger partial charge is 0.497 e. The molecule has 1 amide bonds. The van der Waals surface area contributed by atoms with E-state index < -0.39 is 0 Å². The lowest BCUT2D eigenvalue weighted by Crippen LogP contribution is -2.36. The summed E-state index contributed by atoms with van der Waals surface area (Å²) in [4.78, 5) is 12.6. The summed E-state index contributed by atoms with van der Waals surface area (Å²) in [5, 5.41) is 12.5. The monoisotopic (exact) mass is 450 g/mol. The number of nitrogens with zero attached hydrogens (tertiary/aromatic N) is 3. The molecule has 1 heterocycles. The Morgan fingerprint density at radius 1 is 1.16 bits per heavy atom. The van der Waals surface area contributed by atoms with Gasteiger partial charge in [0.25, 0.3) is 0 Å². The molecule has 0 bridgehead atoms. The van der Waals surface area contributed by atoms with Crippen LogP contribution in [0.3, 0.4) is 0 Å². The fourth-order valence-corrected chi connectivity index (χ4v) is 4.66. The summed E-state index contributed by atoms with van der Waals surface area (Å²) < 4.78 is 12.7. The Hall–Kier alpha value is -3.26. The normalized spacial score (nSPS) is 12.9. The van der Waals surface area contributed by atoms with Crippen LogP contribution in [0.4, 0.5) is 0 Å². The Morgan fingerprint density at radius 3 is 2.41 bits per heavy atom. The highest BCUT2D eigenvalue weighted by molar-refractivity contribution is 7.99. The predicted octanol–water partition coefficient (Wildman–Crippen LogP) is 3.52. The van der Waals surface area contributed by atoms with Crippen molar-refractivity contribution >= 4 is 17.7 Å². The van der Waals surface area contributed by atoms with Crippen LogP contribution in [0.25, 0.3) is 11.4 Å². The van der Waals surface area contributed by atoms with Crippen molar-refractivity contribution < 1.29 is 14.3 Å². The smallest absolute Gasteiger partial charge is 0.230 e. The SMILES string of the molecule is C=CCn1c(SCC(=O)NC2Cc3ccccc3C2)nnc1-c1cc(OC)cc(OC)c1. The van der Waals surface area contributed by atoms with E-state index in [9.17, 15) is 4.79 Å². The molecule has 166 valence electrons. The molecule has 1 N–H and O–H groups in total. The average molecular weight is 451 g/mol. The van der Waals surface area contributed by atoms with Crippen LogP contribution < -0.4 is 14.8 Å². The van der Waals surface area contributed by atoms with E-state index in [2.05, 4.69) is 34.2 Å². The first kappa shape index (κ1) is 22.0. The number of hydrogen-bond donors (Lipinski definition) is 1. The third-order valence-electron chi connectivity index (χ3n) is 5.39. The molecule has 0 radical (unpaired) electrons. The third-order valence-corrected chi connectivity index (χ3v) is 6.35. The molecule has 1 aliphatic rings. The topological polar surface area (TPSA) is 78.3 Å². The summed E-state index contributed by atoms with van der Waals surface area (Å²) in [6.45, 7) is 4.37. The second-order valence-electron chi connectivity index (χ2n) is 7.54. The number of thioether (sulfide) groups is 1. The molecule has 0 saturated heterocycles. The number of amides is 1. The van der Waals surface area contributed by atoms with Crippen LogP contribution in [-0.4, -0.2) is 46.7 Å². The second kappa shape index (κ2) is 9.91. The third kappa shape index (κ3) is 4.80. The number of hydrogen-bond acceptors (Lipinski definition) is 6. The number of fused-ring (bicyclic) bond motifs is 1. The minimum absolute atomic E-state index is 0.00874. The number of aromatic nitrogens is 3. The maximum atomic E-state index is 12.6. The van der Waals surface area contributed by atoms with Crippen LogP contribution in [0, 0.1) is 0 Å². The Kier molecular flexibility index (Phi) is 6.80. The Morgan fingerprint density at radius 2 is 1.81 bits per heavy atom. The number of methoxy groups -OCH3 is 2. The molecule has 7 nitrogen and oxygen atoms in total. The molecule has 32 heavy (non-hydrogen) atoms. The standard InChI is InChI=1S/C24H26N4O3S/c1-4-9-28-23(18-12-20(30-2)14-21(13-18)31-3)26-27-24(28)32-15-22(29)25-19-10-16-7-5-6-8-17(16)11-19/h4-8,12-14,19H,1,9-11,15H2,2-3H3,(H,25,29). The lowest BCUT2D eigenvalue weighted by atomic mass is 10.1. The molecule has 0 aliphatic heterocycles. The minimum Gasteiger partial charge on any atom is -0.497 e. The summed E-state index contributed by atoms with van der Waals surface area (Å²) in [6.07, 6.45) is 3.53. The molecular weight excluding hydrogens is 424 g/mol.